The summed E-state index contributed by atoms with van der Waals surface area (Å²) in [6.45, 7) is 4.74. The molecule has 1 aliphatic heterocycles. The van der Waals surface area contributed by atoms with E-state index in [0.29, 0.717) is 0 Å². The van der Waals surface area contributed by atoms with Gasteiger partial charge in [0.1, 0.15) is 0 Å². The van der Waals surface area contributed by atoms with Crippen LogP contribution in [0.15, 0.2) is 164 Å². The first kappa shape index (κ1) is 29.7. The molecule has 0 saturated carbocycles. The van der Waals surface area contributed by atoms with Crippen molar-refractivity contribution in [3.05, 3.63) is 175 Å². The Labute approximate surface area is 311 Å². The Kier molecular flexibility index (Phi) is 5.84. The maximum absolute atomic E-state index is 5.35. The Morgan fingerprint density at radius 1 is 0.426 bits per heavy atom. The first-order valence-electron chi connectivity index (χ1n) is 18.8. The fourth-order valence-corrected chi connectivity index (χ4v) is 9.54. The molecule has 0 aliphatic carbocycles. The van der Waals surface area contributed by atoms with E-state index < -0.39 is 0 Å². The first-order chi connectivity index (χ1) is 26.5. The Morgan fingerprint density at radius 3 is 1.83 bits per heavy atom. The van der Waals surface area contributed by atoms with Crippen molar-refractivity contribution in [3.8, 4) is 28.3 Å². The van der Waals surface area contributed by atoms with Gasteiger partial charge in [-0.05, 0) is 85.2 Å². The van der Waals surface area contributed by atoms with E-state index in [9.17, 15) is 0 Å². The average Bonchev–Trinajstić information content (AvgIpc) is 3.56. The Morgan fingerprint density at radius 2 is 1.07 bits per heavy atom. The van der Waals surface area contributed by atoms with E-state index in [1.807, 2.05) is 0 Å². The molecule has 0 saturated heterocycles. The van der Waals surface area contributed by atoms with Crippen LogP contribution in [0, 0.1) is 0 Å². The molecule has 3 heteroatoms. The molecule has 3 nitrogen and oxygen atoms in total. The largest absolute Gasteiger partial charge is 0.309 e. The number of benzene rings is 9. The summed E-state index contributed by atoms with van der Waals surface area (Å²) in [7, 11) is 0. The van der Waals surface area contributed by atoms with Crippen LogP contribution in [0.3, 0.4) is 0 Å². The minimum absolute atomic E-state index is 0.264. The molecule has 0 unspecified atom stereocenters. The molecule has 3 heterocycles. The van der Waals surface area contributed by atoms with E-state index in [0.717, 1.165) is 38.9 Å². The van der Waals surface area contributed by atoms with Crippen LogP contribution in [0.1, 0.15) is 25.0 Å². The van der Waals surface area contributed by atoms with Crippen molar-refractivity contribution in [2.24, 2.45) is 0 Å². The molecule has 0 amide bonds. The Hall–Kier alpha value is -6.84. The predicted octanol–water partition coefficient (Wildman–Crippen LogP) is 13.3. The van der Waals surface area contributed by atoms with E-state index in [2.05, 4.69) is 182 Å². The van der Waals surface area contributed by atoms with Crippen molar-refractivity contribution >= 4 is 75.8 Å². The lowest BCUT2D eigenvalue weighted by atomic mass is 9.74. The van der Waals surface area contributed by atoms with E-state index >= 15 is 0 Å². The summed E-state index contributed by atoms with van der Waals surface area (Å²) in [5, 5.41) is 13.7. The van der Waals surface area contributed by atoms with Gasteiger partial charge in [-0.3, -0.25) is 0 Å². The van der Waals surface area contributed by atoms with Crippen LogP contribution in [0.4, 0.5) is 0 Å². The van der Waals surface area contributed by atoms with Crippen molar-refractivity contribution < 1.29 is 0 Å². The van der Waals surface area contributed by atoms with Gasteiger partial charge in [-0.1, -0.05) is 141 Å². The highest BCUT2D eigenvalue weighted by molar-refractivity contribution is 6.29. The fourth-order valence-electron chi connectivity index (χ4n) is 9.54. The molecule has 11 aromatic rings. The number of hydrogen-bond acceptors (Lipinski definition) is 2. The van der Waals surface area contributed by atoms with Crippen LogP contribution in [0.25, 0.3) is 104 Å². The lowest BCUT2D eigenvalue weighted by molar-refractivity contribution is 0.630. The van der Waals surface area contributed by atoms with Gasteiger partial charge in [-0.15, -0.1) is 0 Å². The number of fused-ring (bicyclic) bond motifs is 14. The number of para-hydroxylation sites is 1. The van der Waals surface area contributed by atoms with Crippen molar-refractivity contribution in [2.75, 3.05) is 0 Å². The average molecular weight is 688 g/mol. The standard InChI is InChI=1S/C51H33N3/c1-51(2)43-22-12-21-38-42-28-40-36-19-10-8-17-34(36)35-18-9-11-20-37(35)41(40)29-46(42)54(49(38)43)45-26-24-32(27-44(45)51)50-52-47(31-14-4-3-5-15-31)39-25-23-30-13-6-7-16-33(30)48(39)53-50/h3-29H,1-2H3. The monoisotopic (exact) mass is 687 g/mol. The molecule has 0 radical (unpaired) electrons. The first-order valence-corrected chi connectivity index (χ1v) is 18.8. The zero-order valence-electron chi connectivity index (χ0n) is 29.9. The van der Waals surface area contributed by atoms with E-state index in [-0.39, 0.29) is 5.41 Å². The van der Waals surface area contributed by atoms with E-state index in [1.54, 1.807) is 0 Å². The summed E-state index contributed by atoms with van der Waals surface area (Å²) in [6, 6.07) is 59.8. The quantitative estimate of drug-likeness (QED) is 0.169. The van der Waals surface area contributed by atoms with Gasteiger partial charge in [-0.2, -0.15) is 0 Å². The lowest BCUT2D eigenvalue weighted by Gasteiger charge is -2.35. The van der Waals surface area contributed by atoms with Crippen LogP contribution < -0.4 is 0 Å². The van der Waals surface area contributed by atoms with Gasteiger partial charge in [0.25, 0.3) is 0 Å². The highest BCUT2D eigenvalue weighted by Gasteiger charge is 2.36. The number of rotatable bonds is 2. The molecule has 2 aromatic heterocycles. The summed E-state index contributed by atoms with van der Waals surface area (Å²) in [4.78, 5) is 10.7. The van der Waals surface area contributed by atoms with Crippen molar-refractivity contribution in [2.45, 2.75) is 19.3 Å². The summed E-state index contributed by atoms with van der Waals surface area (Å²) in [5.74, 6) is 0.738. The smallest absolute Gasteiger partial charge is 0.160 e. The molecule has 1 aliphatic rings. The Bertz CT molecular complexity index is 3410. The zero-order valence-corrected chi connectivity index (χ0v) is 29.9. The molecular weight excluding hydrogens is 655 g/mol. The molecule has 9 aromatic carbocycles. The second-order valence-corrected chi connectivity index (χ2v) is 15.3. The van der Waals surface area contributed by atoms with Crippen molar-refractivity contribution in [1.29, 1.82) is 0 Å². The topological polar surface area (TPSA) is 30.7 Å². The van der Waals surface area contributed by atoms with E-state index in [1.165, 1.54) is 76.3 Å². The maximum Gasteiger partial charge on any atom is 0.160 e. The molecule has 54 heavy (non-hydrogen) atoms. The number of nitrogens with zero attached hydrogens (tertiary/aromatic N) is 3. The zero-order chi connectivity index (χ0) is 35.7. The summed E-state index contributed by atoms with van der Waals surface area (Å²) >= 11 is 0. The molecule has 0 spiro atoms. The number of hydrogen-bond donors (Lipinski definition) is 0. The van der Waals surface area contributed by atoms with Crippen LogP contribution in [0.5, 0.6) is 0 Å². The molecule has 0 bridgehead atoms. The Balaban J connectivity index is 1.15. The van der Waals surface area contributed by atoms with Gasteiger partial charge in [0.15, 0.2) is 5.82 Å². The highest BCUT2D eigenvalue weighted by Crippen LogP contribution is 2.50. The minimum Gasteiger partial charge on any atom is -0.309 e. The molecule has 12 rings (SSSR count). The summed E-state index contributed by atoms with van der Waals surface area (Å²) in [6.07, 6.45) is 0. The van der Waals surface area contributed by atoms with Gasteiger partial charge < -0.3 is 4.57 Å². The minimum atomic E-state index is -0.264. The second-order valence-electron chi connectivity index (χ2n) is 15.3. The van der Waals surface area contributed by atoms with Crippen molar-refractivity contribution in [1.82, 2.24) is 14.5 Å². The van der Waals surface area contributed by atoms with Crippen LogP contribution in [-0.2, 0) is 5.41 Å². The van der Waals surface area contributed by atoms with Gasteiger partial charge >= 0.3 is 0 Å². The molecule has 252 valence electrons. The van der Waals surface area contributed by atoms with Gasteiger partial charge in [-0.25, -0.2) is 9.97 Å². The van der Waals surface area contributed by atoms with Crippen molar-refractivity contribution in [3.63, 3.8) is 0 Å². The molecule has 0 fully saturated rings. The number of aromatic nitrogens is 3. The van der Waals surface area contributed by atoms with Crippen LogP contribution >= 0.6 is 0 Å². The molecular formula is C51H33N3. The summed E-state index contributed by atoms with van der Waals surface area (Å²) < 4.78 is 2.53. The van der Waals surface area contributed by atoms with Gasteiger partial charge in [0.2, 0.25) is 0 Å². The maximum atomic E-state index is 5.35. The third kappa shape index (κ3) is 3.91. The SMILES string of the molecule is CC1(C)c2cc(-c3nc(-c4ccccc4)c4ccc5ccccc5c4n3)ccc2-n2c3cc4c5ccccc5c5ccccc5c4cc3c3cccc1c32. The normalized spacial score (nSPS) is 13.5. The lowest BCUT2D eigenvalue weighted by Crippen LogP contribution is -2.26. The third-order valence-electron chi connectivity index (χ3n) is 12.1. The van der Waals surface area contributed by atoms with Gasteiger partial charge in [0.05, 0.1) is 27.9 Å². The van der Waals surface area contributed by atoms with E-state index in [4.69, 9.17) is 9.97 Å². The van der Waals surface area contributed by atoms with Gasteiger partial charge in [0, 0.05) is 38.1 Å². The predicted molar refractivity (Wildman–Crippen MR) is 227 cm³/mol. The fraction of sp³-hybridized carbons (Fsp3) is 0.0588. The molecule has 0 N–H and O–H groups in total. The third-order valence-corrected chi connectivity index (χ3v) is 12.1. The molecule has 0 atom stereocenters. The summed E-state index contributed by atoms with van der Waals surface area (Å²) in [5.41, 5.74) is 10.1. The van der Waals surface area contributed by atoms with Crippen LogP contribution in [-0.4, -0.2) is 14.5 Å². The highest BCUT2D eigenvalue weighted by atomic mass is 15.0. The second kappa shape index (κ2) is 10.6. The van der Waals surface area contributed by atoms with Crippen LogP contribution in [0.2, 0.25) is 0 Å².